The highest BCUT2D eigenvalue weighted by Gasteiger charge is 2.58. The predicted octanol–water partition coefficient (Wildman–Crippen LogP) is 3.48. The summed E-state index contributed by atoms with van der Waals surface area (Å²) in [4.78, 5) is 14.3. The molecular weight excluding hydrogens is 262 g/mol. The van der Waals surface area contributed by atoms with Gasteiger partial charge in [0.05, 0.1) is 0 Å². The van der Waals surface area contributed by atoms with Crippen molar-refractivity contribution in [1.29, 1.82) is 0 Å². The van der Waals surface area contributed by atoms with Crippen LogP contribution in [0, 0.1) is 23.7 Å². The van der Waals surface area contributed by atoms with Crippen LogP contribution in [-0.2, 0) is 9.53 Å². The summed E-state index contributed by atoms with van der Waals surface area (Å²) in [7, 11) is 4.25. The summed E-state index contributed by atoms with van der Waals surface area (Å²) in [5, 5.41) is 0. The van der Waals surface area contributed by atoms with Crippen molar-refractivity contribution in [1.82, 2.24) is 4.90 Å². The second kappa shape index (κ2) is 5.91. The van der Waals surface area contributed by atoms with Crippen molar-refractivity contribution in [2.24, 2.45) is 23.7 Å². The van der Waals surface area contributed by atoms with Gasteiger partial charge in [0, 0.05) is 6.42 Å². The Balaban J connectivity index is 1.77. The third-order valence-electron chi connectivity index (χ3n) is 6.29. The second-order valence-corrected chi connectivity index (χ2v) is 7.99. The standard InChI is InChI=1S/C18H31NO2/c1-4-17(20)21-18(6-5-7-19(2)3)15-9-13-8-14(11-15)12-16(18)10-13/h13-16H,4-12H2,1-3H3. The molecule has 0 heterocycles. The molecule has 3 heteroatoms. The number of esters is 1. The smallest absolute Gasteiger partial charge is 0.306 e. The van der Waals surface area contributed by atoms with Gasteiger partial charge in [-0.2, -0.15) is 0 Å². The van der Waals surface area contributed by atoms with Gasteiger partial charge in [-0.3, -0.25) is 4.79 Å². The highest BCUT2D eigenvalue weighted by atomic mass is 16.6. The molecule has 0 atom stereocenters. The molecule has 4 fully saturated rings. The average Bonchev–Trinajstić information content (AvgIpc) is 2.43. The van der Waals surface area contributed by atoms with Gasteiger partial charge in [-0.25, -0.2) is 0 Å². The Kier molecular flexibility index (Phi) is 4.31. The first-order valence-corrected chi connectivity index (χ1v) is 8.90. The molecule has 0 aromatic heterocycles. The van der Waals surface area contributed by atoms with E-state index < -0.39 is 0 Å². The first-order chi connectivity index (χ1) is 10.0. The Labute approximate surface area is 129 Å². The molecule has 0 aliphatic heterocycles. The van der Waals surface area contributed by atoms with Gasteiger partial charge < -0.3 is 9.64 Å². The van der Waals surface area contributed by atoms with E-state index in [0.717, 1.165) is 31.2 Å². The lowest BCUT2D eigenvalue weighted by Crippen LogP contribution is -2.59. The lowest BCUT2D eigenvalue weighted by Gasteiger charge is -2.60. The molecule has 0 aromatic carbocycles. The van der Waals surface area contributed by atoms with E-state index in [-0.39, 0.29) is 11.6 Å². The Hall–Kier alpha value is -0.570. The highest BCUT2D eigenvalue weighted by Crippen LogP contribution is 2.61. The van der Waals surface area contributed by atoms with Crippen molar-refractivity contribution in [3.8, 4) is 0 Å². The number of rotatable bonds is 6. The van der Waals surface area contributed by atoms with Gasteiger partial charge in [-0.15, -0.1) is 0 Å². The Morgan fingerprint density at radius 3 is 2.14 bits per heavy atom. The van der Waals surface area contributed by atoms with Gasteiger partial charge >= 0.3 is 5.97 Å². The molecule has 4 bridgehead atoms. The third-order valence-corrected chi connectivity index (χ3v) is 6.29. The minimum Gasteiger partial charge on any atom is -0.458 e. The van der Waals surface area contributed by atoms with E-state index in [1.54, 1.807) is 0 Å². The minimum absolute atomic E-state index is 0.0207. The van der Waals surface area contributed by atoms with Crippen molar-refractivity contribution in [2.45, 2.75) is 63.9 Å². The number of ether oxygens (including phenoxy) is 1. The van der Waals surface area contributed by atoms with Crippen molar-refractivity contribution < 1.29 is 9.53 Å². The molecule has 0 unspecified atom stereocenters. The monoisotopic (exact) mass is 293 g/mol. The van der Waals surface area contributed by atoms with E-state index in [0.29, 0.717) is 18.3 Å². The molecule has 4 saturated carbocycles. The zero-order chi connectivity index (χ0) is 15.0. The van der Waals surface area contributed by atoms with Gasteiger partial charge in [0.15, 0.2) is 0 Å². The number of carbonyl (C=O) groups excluding carboxylic acids is 1. The molecule has 3 nitrogen and oxygen atoms in total. The molecule has 0 N–H and O–H groups in total. The van der Waals surface area contributed by atoms with Crippen molar-refractivity contribution in [3.05, 3.63) is 0 Å². The van der Waals surface area contributed by atoms with E-state index in [1.165, 1.54) is 32.1 Å². The summed E-state index contributed by atoms with van der Waals surface area (Å²) in [5.41, 5.74) is -0.115. The van der Waals surface area contributed by atoms with Gasteiger partial charge in [0.1, 0.15) is 5.60 Å². The van der Waals surface area contributed by atoms with Crippen LogP contribution in [-0.4, -0.2) is 37.1 Å². The molecule has 4 rings (SSSR count). The number of carbonyl (C=O) groups is 1. The summed E-state index contributed by atoms with van der Waals surface area (Å²) in [6, 6.07) is 0. The van der Waals surface area contributed by atoms with E-state index in [9.17, 15) is 4.79 Å². The summed E-state index contributed by atoms with van der Waals surface area (Å²) in [6.45, 7) is 3.02. The van der Waals surface area contributed by atoms with Crippen LogP contribution in [0.25, 0.3) is 0 Å². The molecule has 0 radical (unpaired) electrons. The lowest BCUT2D eigenvalue weighted by molar-refractivity contribution is -0.212. The van der Waals surface area contributed by atoms with Gasteiger partial charge in [-0.05, 0) is 89.3 Å². The van der Waals surface area contributed by atoms with Gasteiger partial charge in [0.2, 0.25) is 0 Å². The molecule has 0 aromatic rings. The summed E-state index contributed by atoms with van der Waals surface area (Å²) >= 11 is 0. The van der Waals surface area contributed by atoms with Crippen LogP contribution >= 0.6 is 0 Å². The number of nitrogens with zero attached hydrogens (tertiary/aromatic N) is 1. The van der Waals surface area contributed by atoms with Gasteiger partial charge in [-0.1, -0.05) is 6.92 Å². The number of hydrogen-bond donors (Lipinski definition) is 0. The fraction of sp³-hybridized carbons (Fsp3) is 0.944. The Morgan fingerprint density at radius 2 is 1.67 bits per heavy atom. The van der Waals surface area contributed by atoms with Crippen LogP contribution in [0.3, 0.4) is 0 Å². The first kappa shape index (κ1) is 15.3. The van der Waals surface area contributed by atoms with Crippen LogP contribution in [0.2, 0.25) is 0 Å². The third kappa shape index (κ3) is 2.86. The van der Waals surface area contributed by atoms with Crippen LogP contribution in [0.15, 0.2) is 0 Å². The predicted molar refractivity (Wildman–Crippen MR) is 83.9 cm³/mol. The minimum atomic E-state index is -0.115. The molecule has 4 aliphatic rings. The average molecular weight is 293 g/mol. The maximum atomic E-state index is 12.1. The first-order valence-electron chi connectivity index (χ1n) is 8.90. The van der Waals surface area contributed by atoms with Crippen molar-refractivity contribution in [3.63, 3.8) is 0 Å². The van der Waals surface area contributed by atoms with Crippen LogP contribution in [0.4, 0.5) is 0 Å². The maximum Gasteiger partial charge on any atom is 0.306 e. The Bertz CT molecular complexity index is 363. The lowest BCUT2D eigenvalue weighted by atomic mass is 9.49. The van der Waals surface area contributed by atoms with Crippen molar-refractivity contribution >= 4 is 5.97 Å². The molecule has 120 valence electrons. The Morgan fingerprint density at radius 1 is 1.10 bits per heavy atom. The molecule has 0 amide bonds. The SMILES string of the molecule is CCC(=O)OC1(CCCN(C)C)C2CC3CC(C2)CC1C3. The topological polar surface area (TPSA) is 29.5 Å². The molecule has 4 aliphatic carbocycles. The van der Waals surface area contributed by atoms with E-state index in [4.69, 9.17) is 4.74 Å². The van der Waals surface area contributed by atoms with Crippen LogP contribution < -0.4 is 0 Å². The van der Waals surface area contributed by atoms with Crippen molar-refractivity contribution in [2.75, 3.05) is 20.6 Å². The molecule has 0 saturated heterocycles. The van der Waals surface area contributed by atoms with E-state index in [2.05, 4.69) is 19.0 Å². The second-order valence-electron chi connectivity index (χ2n) is 7.99. The largest absolute Gasteiger partial charge is 0.458 e. The molecule has 21 heavy (non-hydrogen) atoms. The fourth-order valence-electron chi connectivity index (χ4n) is 5.56. The number of hydrogen-bond acceptors (Lipinski definition) is 3. The van der Waals surface area contributed by atoms with E-state index >= 15 is 0 Å². The normalized spacial score (nSPS) is 40.8. The summed E-state index contributed by atoms with van der Waals surface area (Å²) < 4.78 is 6.19. The van der Waals surface area contributed by atoms with Gasteiger partial charge in [0.25, 0.3) is 0 Å². The summed E-state index contributed by atoms with van der Waals surface area (Å²) in [6.07, 6.45) is 9.43. The van der Waals surface area contributed by atoms with E-state index in [1.807, 2.05) is 6.92 Å². The zero-order valence-electron chi connectivity index (χ0n) is 13.9. The summed E-state index contributed by atoms with van der Waals surface area (Å²) in [5.74, 6) is 3.16. The molecule has 0 spiro atoms. The zero-order valence-corrected chi connectivity index (χ0v) is 13.9. The van der Waals surface area contributed by atoms with Crippen LogP contribution in [0.5, 0.6) is 0 Å². The maximum absolute atomic E-state index is 12.1. The fourth-order valence-corrected chi connectivity index (χ4v) is 5.56. The van der Waals surface area contributed by atoms with Crippen LogP contribution in [0.1, 0.15) is 58.3 Å². The molecular formula is C18H31NO2. The highest BCUT2D eigenvalue weighted by molar-refractivity contribution is 5.69. The quantitative estimate of drug-likeness (QED) is 0.702.